The van der Waals surface area contributed by atoms with Gasteiger partial charge in [-0.1, -0.05) is 12.1 Å². The maximum absolute atomic E-state index is 12.9. The lowest BCUT2D eigenvalue weighted by atomic mass is 10.0. The zero-order chi connectivity index (χ0) is 17.2. The lowest BCUT2D eigenvalue weighted by Crippen LogP contribution is -2.39. The van der Waals surface area contributed by atoms with Crippen LogP contribution in [0, 0.1) is 5.92 Å². The molecule has 1 unspecified atom stereocenters. The topological polar surface area (TPSA) is 55.8 Å². The molecule has 5 nitrogen and oxygen atoms in total. The maximum Gasteiger partial charge on any atom is 0.216 e. The van der Waals surface area contributed by atoms with Crippen LogP contribution < -0.4 is 4.74 Å². The molecule has 1 heterocycles. The van der Waals surface area contributed by atoms with Crippen LogP contribution in [-0.2, 0) is 27.6 Å². The molecular weight excluding hydrogens is 326 g/mol. The highest BCUT2D eigenvalue weighted by Crippen LogP contribution is 2.35. The van der Waals surface area contributed by atoms with Gasteiger partial charge in [-0.25, -0.2) is 12.7 Å². The third-order valence-corrected chi connectivity index (χ3v) is 6.89. The van der Waals surface area contributed by atoms with E-state index < -0.39 is 10.0 Å². The molecule has 0 aromatic heterocycles. The highest BCUT2D eigenvalue weighted by molar-refractivity contribution is 7.89. The Hall–Kier alpha value is -1.11. The van der Waals surface area contributed by atoms with Crippen LogP contribution in [0.2, 0.25) is 0 Å². The van der Waals surface area contributed by atoms with Gasteiger partial charge < -0.3 is 9.47 Å². The molecule has 0 bridgehead atoms. The van der Waals surface area contributed by atoms with E-state index in [2.05, 4.69) is 6.07 Å². The van der Waals surface area contributed by atoms with Crippen molar-refractivity contribution in [2.45, 2.75) is 38.7 Å². The molecule has 1 saturated carbocycles. The second-order valence-corrected chi connectivity index (χ2v) is 8.62. The fourth-order valence-corrected chi connectivity index (χ4v) is 5.24. The third kappa shape index (κ3) is 3.92. The summed E-state index contributed by atoms with van der Waals surface area (Å²) >= 11 is 0. The first-order chi connectivity index (χ1) is 11.5. The summed E-state index contributed by atoms with van der Waals surface area (Å²) in [5.41, 5.74) is 2.33. The van der Waals surface area contributed by atoms with Gasteiger partial charge in [0, 0.05) is 19.7 Å². The van der Waals surface area contributed by atoms with Crippen molar-refractivity contribution < 1.29 is 17.9 Å². The molecule has 2 aliphatic rings. The Morgan fingerprint density at radius 1 is 1.25 bits per heavy atom. The number of benzene rings is 1. The van der Waals surface area contributed by atoms with Crippen molar-refractivity contribution in [1.82, 2.24) is 4.31 Å². The lowest BCUT2D eigenvalue weighted by molar-refractivity contribution is 0.0623. The quantitative estimate of drug-likeness (QED) is 0.754. The number of ether oxygens (including phenoxy) is 2. The molecule has 24 heavy (non-hydrogen) atoms. The number of fused-ring (bicyclic) bond motifs is 1. The fourth-order valence-electron chi connectivity index (χ4n) is 3.51. The Labute approximate surface area is 145 Å². The van der Waals surface area contributed by atoms with Gasteiger partial charge in [-0.3, -0.25) is 0 Å². The van der Waals surface area contributed by atoms with Gasteiger partial charge in [0.2, 0.25) is 10.0 Å². The number of rotatable bonds is 7. The first-order valence-electron chi connectivity index (χ1n) is 8.79. The van der Waals surface area contributed by atoms with E-state index in [0.29, 0.717) is 32.0 Å². The minimum Gasteiger partial charge on any atom is -0.496 e. The second-order valence-electron chi connectivity index (χ2n) is 6.61. The first kappa shape index (κ1) is 17.7. The van der Waals surface area contributed by atoms with E-state index >= 15 is 0 Å². The van der Waals surface area contributed by atoms with E-state index in [1.54, 1.807) is 11.4 Å². The molecule has 0 saturated heterocycles. The molecular formula is C18H27NO4S. The van der Waals surface area contributed by atoms with Gasteiger partial charge >= 0.3 is 0 Å². The predicted octanol–water partition coefficient (Wildman–Crippen LogP) is 2.24. The zero-order valence-electron chi connectivity index (χ0n) is 14.5. The first-order valence-corrected chi connectivity index (χ1v) is 10.4. The van der Waals surface area contributed by atoms with Crippen LogP contribution in [0.15, 0.2) is 18.2 Å². The van der Waals surface area contributed by atoms with Gasteiger partial charge in [0.25, 0.3) is 0 Å². The Bertz CT molecular complexity index is 670. The van der Waals surface area contributed by atoms with E-state index in [-0.39, 0.29) is 11.9 Å². The molecule has 6 heteroatoms. The summed E-state index contributed by atoms with van der Waals surface area (Å²) in [7, 11) is -1.64. The van der Waals surface area contributed by atoms with Crippen LogP contribution in [-0.4, -0.2) is 51.4 Å². The van der Waals surface area contributed by atoms with E-state index in [1.165, 1.54) is 5.56 Å². The second kappa shape index (κ2) is 7.42. The SMILES string of the molecule is CCOC(CS(=O)(=O)N1CCc2cccc(OC)c2CC1)C1CC1. The fraction of sp³-hybridized carbons (Fsp3) is 0.667. The molecule has 1 aliphatic heterocycles. The predicted molar refractivity (Wildman–Crippen MR) is 93.9 cm³/mol. The minimum absolute atomic E-state index is 0.110. The Balaban J connectivity index is 1.71. The molecule has 3 rings (SSSR count). The molecule has 0 amide bonds. The molecule has 0 spiro atoms. The van der Waals surface area contributed by atoms with Crippen LogP contribution in [0.5, 0.6) is 5.75 Å². The summed E-state index contributed by atoms with van der Waals surface area (Å²) in [5.74, 6) is 1.39. The van der Waals surface area contributed by atoms with Gasteiger partial charge in [0.05, 0.1) is 19.0 Å². The molecule has 134 valence electrons. The lowest BCUT2D eigenvalue weighted by Gasteiger charge is -2.24. The van der Waals surface area contributed by atoms with E-state index in [0.717, 1.165) is 30.6 Å². The average Bonchev–Trinajstić information content (AvgIpc) is 3.39. The van der Waals surface area contributed by atoms with Crippen molar-refractivity contribution in [3.63, 3.8) is 0 Å². The maximum atomic E-state index is 12.9. The summed E-state index contributed by atoms with van der Waals surface area (Å²) in [6.45, 7) is 3.54. The van der Waals surface area contributed by atoms with Crippen molar-refractivity contribution >= 4 is 10.0 Å². The molecule has 0 N–H and O–H groups in total. The summed E-state index contributed by atoms with van der Waals surface area (Å²) in [4.78, 5) is 0. The van der Waals surface area contributed by atoms with Crippen molar-refractivity contribution in [2.75, 3.05) is 32.6 Å². The van der Waals surface area contributed by atoms with Gasteiger partial charge in [-0.15, -0.1) is 0 Å². The average molecular weight is 353 g/mol. The molecule has 1 aromatic carbocycles. The molecule has 1 aromatic rings. The largest absolute Gasteiger partial charge is 0.496 e. The summed E-state index contributed by atoms with van der Waals surface area (Å²) in [6.07, 6.45) is 3.45. The Kier molecular flexibility index (Phi) is 5.47. The molecule has 0 radical (unpaired) electrons. The summed E-state index contributed by atoms with van der Waals surface area (Å²) in [5, 5.41) is 0. The third-order valence-electron chi connectivity index (χ3n) is 4.99. The number of nitrogens with zero attached hydrogens (tertiary/aromatic N) is 1. The zero-order valence-corrected chi connectivity index (χ0v) is 15.3. The minimum atomic E-state index is -3.30. The Morgan fingerprint density at radius 3 is 2.67 bits per heavy atom. The van der Waals surface area contributed by atoms with Crippen LogP contribution in [0.3, 0.4) is 0 Å². The van der Waals surface area contributed by atoms with Gasteiger partial charge in [-0.2, -0.15) is 0 Å². The van der Waals surface area contributed by atoms with Crippen molar-refractivity contribution in [3.05, 3.63) is 29.3 Å². The normalized spacial score (nSPS) is 20.2. The highest BCUT2D eigenvalue weighted by atomic mass is 32.2. The number of sulfonamides is 1. The number of hydrogen-bond acceptors (Lipinski definition) is 4. The van der Waals surface area contributed by atoms with Crippen molar-refractivity contribution in [3.8, 4) is 5.75 Å². The van der Waals surface area contributed by atoms with Crippen molar-refractivity contribution in [1.29, 1.82) is 0 Å². The monoisotopic (exact) mass is 353 g/mol. The van der Waals surface area contributed by atoms with Crippen molar-refractivity contribution in [2.24, 2.45) is 5.92 Å². The van der Waals surface area contributed by atoms with Crippen LogP contribution in [0.25, 0.3) is 0 Å². The highest BCUT2D eigenvalue weighted by Gasteiger charge is 2.37. The Morgan fingerprint density at radius 2 is 2.00 bits per heavy atom. The van der Waals surface area contributed by atoms with Crippen LogP contribution in [0.1, 0.15) is 30.9 Å². The van der Waals surface area contributed by atoms with E-state index in [1.807, 2.05) is 19.1 Å². The van der Waals surface area contributed by atoms with Gasteiger partial charge in [0.15, 0.2) is 0 Å². The molecule has 1 atom stereocenters. The van der Waals surface area contributed by atoms with Gasteiger partial charge in [0.1, 0.15) is 5.75 Å². The van der Waals surface area contributed by atoms with Crippen LogP contribution in [0.4, 0.5) is 0 Å². The standard InChI is InChI=1S/C18H27NO4S/c1-3-23-18(15-7-8-15)13-24(20,21)19-11-9-14-5-4-6-17(22-2)16(14)10-12-19/h4-6,15,18H,3,7-13H2,1-2H3. The summed E-state index contributed by atoms with van der Waals surface area (Å²) < 4.78 is 38.5. The van der Waals surface area contributed by atoms with Gasteiger partial charge in [-0.05, 0) is 55.7 Å². The number of hydrogen-bond donors (Lipinski definition) is 0. The number of methoxy groups -OCH3 is 1. The smallest absolute Gasteiger partial charge is 0.216 e. The van der Waals surface area contributed by atoms with E-state index in [9.17, 15) is 8.42 Å². The van der Waals surface area contributed by atoms with E-state index in [4.69, 9.17) is 9.47 Å². The molecule has 1 fully saturated rings. The van der Waals surface area contributed by atoms with Crippen LogP contribution >= 0.6 is 0 Å². The summed E-state index contributed by atoms with van der Waals surface area (Å²) in [6, 6.07) is 5.99. The molecule has 1 aliphatic carbocycles.